The molecular formula is C23H22Cl2N3NaO5. The summed E-state index contributed by atoms with van der Waals surface area (Å²) in [5.41, 5.74) is 1.31. The fourth-order valence-corrected chi connectivity index (χ4v) is 3.79. The van der Waals surface area contributed by atoms with E-state index in [0.717, 1.165) is 0 Å². The molecule has 3 rings (SSSR count). The maximum atomic E-state index is 12.6. The van der Waals surface area contributed by atoms with Crippen molar-refractivity contribution in [3.8, 4) is 16.9 Å². The first-order chi connectivity index (χ1) is 15.6. The van der Waals surface area contributed by atoms with Crippen molar-refractivity contribution in [2.24, 2.45) is 7.05 Å². The molecule has 2 aromatic carbocycles. The van der Waals surface area contributed by atoms with Crippen LogP contribution in [0.3, 0.4) is 0 Å². The maximum absolute atomic E-state index is 12.6. The number of aromatic hydroxyl groups is 1. The Morgan fingerprint density at radius 1 is 1.15 bits per heavy atom. The first-order valence-corrected chi connectivity index (χ1v) is 10.6. The van der Waals surface area contributed by atoms with Gasteiger partial charge in [0.15, 0.2) is 5.69 Å². The van der Waals surface area contributed by atoms with E-state index in [1.54, 1.807) is 49.4 Å². The second kappa shape index (κ2) is 11.8. The van der Waals surface area contributed by atoms with Gasteiger partial charge in [-0.05, 0) is 30.2 Å². The van der Waals surface area contributed by atoms with E-state index in [2.05, 4.69) is 10.6 Å². The third kappa shape index (κ3) is 6.34. The Labute approximate surface area is 227 Å². The van der Waals surface area contributed by atoms with E-state index in [9.17, 15) is 24.6 Å². The number of carboxylic acids is 1. The molecule has 4 N–H and O–H groups in total. The van der Waals surface area contributed by atoms with E-state index in [0.29, 0.717) is 32.3 Å². The molecule has 1 heterocycles. The number of amides is 2. The van der Waals surface area contributed by atoms with Gasteiger partial charge in [-0.15, -0.1) is 0 Å². The molecule has 11 heteroatoms. The van der Waals surface area contributed by atoms with Crippen molar-refractivity contribution >= 4 is 70.4 Å². The van der Waals surface area contributed by atoms with Crippen molar-refractivity contribution in [3.05, 3.63) is 80.2 Å². The summed E-state index contributed by atoms with van der Waals surface area (Å²) in [7, 11) is 1.48. The van der Waals surface area contributed by atoms with Gasteiger partial charge in [0.1, 0.15) is 5.75 Å². The summed E-state index contributed by atoms with van der Waals surface area (Å²) in [4.78, 5) is 36.4. The normalized spacial score (nSPS) is 11.3. The number of halogens is 2. The van der Waals surface area contributed by atoms with E-state index < -0.39 is 30.0 Å². The number of carbonyl (C=O) groups is 2. The number of nitrogens with zero attached hydrogens (tertiary/aromatic N) is 1. The van der Waals surface area contributed by atoms with Crippen LogP contribution >= 0.6 is 23.2 Å². The van der Waals surface area contributed by atoms with Crippen LogP contribution in [0.2, 0.25) is 10.0 Å². The number of rotatable bonds is 6. The molecule has 0 aliphatic heterocycles. The van der Waals surface area contributed by atoms with E-state index in [-0.39, 0.29) is 41.0 Å². The Bertz CT molecular complexity index is 1300. The van der Waals surface area contributed by atoms with E-state index >= 15 is 0 Å². The van der Waals surface area contributed by atoms with Crippen molar-refractivity contribution in [1.29, 1.82) is 0 Å². The van der Waals surface area contributed by atoms with Crippen LogP contribution in [-0.4, -0.2) is 56.3 Å². The zero-order chi connectivity index (χ0) is 24.3. The fourth-order valence-electron chi connectivity index (χ4n) is 3.38. The number of hydrogen-bond donors (Lipinski definition) is 4. The van der Waals surface area contributed by atoms with Gasteiger partial charge in [0.2, 0.25) is 0 Å². The molecule has 2 amide bonds. The quantitative estimate of drug-likeness (QED) is 0.370. The number of anilines is 1. The standard InChI is InChI=1S/C23H21Cl2N3O5.Na.H/c1-12-11-28(2)22(32)20(21(12)31)27-23(33)26-17(10-18(29)30)14-6-3-5-13(9-14)15-7-4-8-16(24)19(15)25;;/h3-9,11,17,31H,10H2,1-2H3,(H,29,30)(H2,26,27,33);;. The first kappa shape index (κ1) is 27.8. The minimum absolute atomic E-state index is 0. The number of nitrogens with one attached hydrogen (secondary N) is 2. The van der Waals surface area contributed by atoms with Gasteiger partial charge in [0.05, 0.1) is 22.5 Å². The molecule has 0 saturated carbocycles. The summed E-state index contributed by atoms with van der Waals surface area (Å²) in [5.74, 6) is -1.50. The van der Waals surface area contributed by atoms with Crippen molar-refractivity contribution in [1.82, 2.24) is 9.88 Å². The van der Waals surface area contributed by atoms with Crippen molar-refractivity contribution < 1.29 is 19.8 Å². The van der Waals surface area contributed by atoms with Gasteiger partial charge in [0, 0.05) is 24.4 Å². The monoisotopic (exact) mass is 513 g/mol. The van der Waals surface area contributed by atoms with Crippen LogP contribution in [0.5, 0.6) is 5.75 Å². The summed E-state index contributed by atoms with van der Waals surface area (Å²) in [6, 6.07) is 10.3. The third-order valence-electron chi connectivity index (χ3n) is 5.01. The summed E-state index contributed by atoms with van der Waals surface area (Å²) in [6.07, 6.45) is 1.01. The minimum atomic E-state index is -1.14. The zero-order valence-corrected chi connectivity index (χ0v) is 19.2. The van der Waals surface area contributed by atoms with Gasteiger partial charge in [0.25, 0.3) is 5.56 Å². The molecule has 0 saturated heterocycles. The van der Waals surface area contributed by atoms with Gasteiger partial charge in [-0.2, -0.15) is 0 Å². The molecule has 1 atom stereocenters. The molecule has 0 spiro atoms. The van der Waals surface area contributed by atoms with Crippen LogP contribution in [-0.2, 0) is 11.8 Å². The van der Waals surface area contributed by atoms with Crippen molar-refractivity contribution in [2.75, 3.05) is 5.32 Å². The number of hydrogen-bond acceptors (Lipinski definition) is 4. The van der Waals surface area contributed by atoms with Crippen LogP contribution in [0, 0.1) is 6.92 Å². The summed E-state index contributed by atoms with van der Waals surface area (Å²) >= 11 is 12.4. The second-order valence-electron chi connectivity index (χ2n) is 7.43. The van der Waals surface area contributed by atoms with E-state index in [1.165, 1.54) is 17.8 Å². The molecule has 0 aliphatic carbocycles. The summed E-state index contributed by atoms with van der Waals surface area (Å²) in [6.45, 7) is 1.58. The van der Waals surface area contributed by atoms with E-state index in [4.69, 9.17) is 23.2 Å². The molecule has 0 aliphatic rings. The first-order valence-electron chi connectivity index (χ1n) is 9.81. The van der Waals surface area contributed by atoms with Crippen LogP contribution in [0.4, 0.5) is 10.5 Å². The van der Waals surface area contributed by atoms with Gasteiger partial charge < -0.3 is 25.4 Å². The van der Waals surface area contributed by atoms with Gasteiger partial charge in [-0.25, -0.2) is 4.79 Å². The predicted octanol–water partition coefficient (Wildman–Crippen LogP) is 4.06. The number of urea groups is 1. The molecule has 1 aromatic heterocycles. The van der Waals surface area contributed by atoms with Gasteiger partial charge in [-0.3, -0.25) is 9.59 Å². The SMILES string of the molecule is Cc1cn(C)c(=O)c(NC(=O)NC(CC(=O)O)c2cccc(-c3cccc(Cl)c3Cl)c2)c1O.[NaH]. The zero-order valence-electron chi connectivity index (χ0n) is 17.7. The summed E-state index contributed by atoms with van der Waals surface area (Å²) in [5, 5.41) is 25.2. The fraction of sp³-hybridized carbons (Fsp3) is 0.174. The number of pyridine rings is 1. The number of aliphatic carboxylic acids is 1. The van der Waals surface area contributed by atoms with E-state index in [1.807, 2.05) is 0 Å². The Morgan fingerprint density at radius 2 is 1.82 bits per heavy atom. The topological polar surface area (TPSA) is 121 Å². The van der Waals surface area contributed by atoms with Crippen LogP contribution in [0.25, 0.3) is 11.1 Å². The van der Waals surface area contributed by atoms with Crippen molar-refractivity contribution in [3.63, 3.8) is 0 Å². The number of carboxylic acid groups (broad SMARTS) is 1. The molecule has 1 unspecified atom stereocenters. The van der Waals surface area contributed by atoms with Crippen LogP contribution in [0.15, 0.2) is 53.5 Å². The average molecular weight is 514 g/mol. The number of carbonyl (C=O) groups excluding carboxylic acids is 1. The van der Waals surface area contributed by atoms with Crippen LogP contribution in [0.1, 0.15) is 23.6 Å². The van der Waals surface area contributed by atoms with Crippen LogP contribution < -0.4 is 16.2 Å². The summed E-state index contributed by atoms with van der Waals surface area (Å²) < 4.78 is 1.22. The third-order valence-corrected chi connectivity index (χ3v) is 5.82. The average Bonchev–Trinajstić information content (AvgIpc) is 2.76. The number of benzene rings is 2. The van der Waals surface area contributed by atoms with Gasteiger partial charge in [-0.1, -0.05) is 53.5 Å². The molecule has 3 aromatic rings. The second-order valence-corrected chi connectivity index (χ2v) is 8.21. The molecule has 0 radical (unpaired) electrons. The molecule has 174 valence electrons. The number of aryl methyl sites for hydroxylation is 2. The Kier molecular flexibility index (Phi) is 9.61. The molecule has 8 nitrogen and oxygen atoms in total. The van der Waals surface area contributed by atoms with Gasteiger partial charge >= 0.3 is 41.6 Å². The molecule has 34 heavy (non-hydrogen) atoms. The Balaban J connectivity index is 0.00000408. The predicted molar refractivity (Wildman–Crippen MR) is 134 cm³/mol. The Hall–Kier alpha value is -2.49. The number of aromatic nitrogens is 1. The molecule has 0 bridgehead atoms. The molecule has 0 fully saturated rings. The Morgan fingerprint density at radius 3 is 2.50 bits per heavy atom. The molecular weight excluding hydrogens is 492 g/mol. The van der Waals surface area contributed by atoms with Crippen molar-refractivity contribution in [2.45, 2.75) is 19.4 Å².